The van der Waals surface area contributed by atoms with E-state index in [1.165, 1.54) is 31.5 Å². The van der Waals surface area contributed by atoms with Gasteiger partial charge in [0, 0.05) is 31.2 Å². The van der Waals surface area contributed by atoms with Crippen LogP contribution in [0.25, 0.3) is 0 Å². The first-order valence-corrected chi connectivity index (χ1v) is 5.81. The fourth-order valence-corrected chi connectivity index (χ4v) is 2.59. The second-order valence-corrected chi connectivity index (χ2v) is 4.78. The summed E-state index contributed by atoms with van der Waals surface area (Å²) in [5, 5.41) is 0.362. The summed E-state index contributed by atoms with van der Waals surface area (Å²) in [5.41, 5.74) is 0. The van der Waals surface area contributed by atoms with E-state index in [2.05, 4.69) is 9.55 Å². The van der Waals surface area contributed by atoms with E-state index >= 15 is 0 Å². The van der Waals surface area contributed by atoms with Crippen molar-refractivity contribution in [3.05, 3.63) is 18.2 Å². The third-order valence-electron chi connectivity index (χ3n) is 3.18. The Labute approximate surface area is 90.3 Å². The van der Waals surface area contributed by atoms with Gasteiger partial charge in [-0.1, -0.05) is 12.8 Å². The molecule has 0 N–H and O–H groups in total. The van der Waals surface area contributed by atoms with Gasteiger partial charge in [0.1, 0.15) is 5.82 Å². The van der Waals surface area contributed by atoms with Crippen LogP contribution >= 0.6 is 11.6 Å². The SMILES string of the molecule is Cn1ccnc1CC1CCCCC1Cl. The molecular weight excluding hydrogens is 196 g/mol. The molecule has 3 heteroatoms. The highest BCUT2D eigenvalue weighted by Crippen LogP contribution is 2.30. The van der Waals surface area contributed by atoms with Crippen LogP contribution < -0.4 is 0 Å². The summed E-state index contributed by atoms with van der Waals surface area (Å²) in [6.07, 6.45) is 9.97. The topological polar surface area (TPSA) is 17.8 Å². The number of hydrogen-bond donors (Lipinski definition) is 0. The average molecular weight is 213 g/mol. The lowest BCUT2D eigenvalue weighted by Crippen LogP contribution is -2.23. The quantitative estimate of drug-likeness (QED) is 0.690. The summed E-state index contributed by atoms with van der Waals surface area (Å²) in [4.78, 5) is 4.35. The number of imidazole rings is 1. The first kappa shape index (κ1) is 10.0. The minimum Gasteiger partial charge on any atom is -0.338 e. The standard InChI is InChI=1S/C11H17ClN2/c1-14-7-6-13-11(14)8-9-4-2-3-5-10(9)12/h6-7,9-10H,2-5,8H2,1H3. The van der Waals surface area contributed by atoms with Crippen molar-refractivity contribution in [2.45, 2.75) is 37.5 Å². The number of rotatable bonds is 2. The Morgan fingerprint density at radius 3 is 2.93 bits per heavy atom. The predicted molar refractivity (Wildman–Crippen MR) is 58.5 cm³/mol. The number of nitrogens with zero attached hydrogens (tertiary/aromatic N) is 2. The van der Waals surface area contributed by atoms with Gasteiger partial charge in [-0.2, -0.15) is 0 Å². The molecule has 2 rings (SSSR count). The van der Waals surface area contributed by atoms with Crippen LogP contribution in [0.3, 0.4) is 0 Å². The summed E-state index contributed by atoms with van der Waals surface area (Å²) in [7, 11) is 2.05. The van der Waals surface area contributed by atoms with E-state index in [0.29, 0.717) is 11.3 Å². The third kappa shape index (κ3) is 2.11. The van der Waals surface area contributed by atoms with E-state index < -0.39 is 0 Å². The number of hydrogen-bond acceptors (Lipinski definition) is 1. The fraction of sp³-hybridized carbons (Fsp3) is 0.727. The summed E-state index contributed by atoms with van der Waals surface area (Å²) >= 11 is 6.31. The summed E-state index contributed by atoms with van der Waals surface area (Å²) < 4.78 is 2.10. The van der Waals surface area contributed by atoms with E-state index in [-0.39, 0.29) is 0 Å². The maximum atomic E-state index is 6.31. The maximum Gasteiger partial charge on any atom is 0.108 e. The van der Waals surface area contributed by atoms with Gasteiger partial charge < -0.3 is 4.57 Å². The fourth-order valence-electron chi connectivity index (χ4n) is 2.22. The van der Waals surface area contributed by atoms with Crippen molar-refractivity contribution in [1.29, 1.82) is 0 Å². The minimum absolute atomic E-state index is 0.362. The monoisotopic (exact) mass is 212 g/mol. The highest BCUT2D eigenvalue weighted by molar-refractivity contribution is 6.20. The zero-order valence-corrected chi connectivity index (χ0v) is 9.37. The number of halogens is 1. The summed E-state index contributed by atoms with van der Waals surface area (Å²) in [6.45, 7) is 0. The van der Waals surface area contributed by atoms with E-state index in [0.717, 1.165) is 6.42 Å². The van der Waals surface area contributed by atoms with Crippen LogP contribution in [0.1, 0.15) is 31.5 Å². The molecule has 1 aromatic rings. The van der Waals surface area contributed by atoms with E-state index in [1.807, 2.05) is 19.4 Å². The van der Waals surface area contributed by atoms with E-state index in [1.54, 1.807) is 0 Å². The van der Waals surface area contributed by atoms with Gasteiger partial charge in [-0.3, -0.25) is 0 Å². The van der Waals surface area contributed by atoms with Gasteiger partial charge in [0.05, 0.1) is 0 Å². The molecule has 1 aliphatic carbocycles. The smallest absolute Gasteiger partial charge is 0.108 e. The van der Waals surface area contributed by atoms with Crippen LogP contribution in [0, 0.1) is 5.92 Å². The van der Waals surface area contributed by atoms with Gasteiger partial charge in [-0.05, 0) is 18.8 Å². The Bertz CT molecular complexity index is 295. The van der Waals surface area contributed by atoms with Crippen molar-refractivity contribution >= 4 is 11.6 Å². The van der Waals surface area contributed by atoms with Crippen LogP contribution in [-0.4, -0.2) is 14.9 Å². The Hall–Kier alpha value is -0.500. The molecule has 1 aliphatic rings. The molecule has 0 spiro atoms. The molecule has 1 heterocycles. The van der Waals surface area contributed by atoms with Crippen molar-refractivity contribution in [1.82, 2.24) is 9.55 Å². The van der Waals surface area contributed by atoms with Crippen LogP contribution in [0.15, 0.2) is 12.4 Å². The largest absolute Gasteiger partial charge is 0.338 e. The Morgan fingerprint density at radius 2 is 2.29 bits per heavy atom. The van der Waals surface area contributed by atoms with Crippen LogP contribution in [0.4, 0.5) is 0 Å². The highest BCUT2D eigenvalue weighted by atomic mass is 35.5. The Balaban J connectivity index is 1.99. The Kier molecular flexibility index (Phi) is 3.12. The summed E-state index contributed by atoms with van der Waals surface area (Å²) in [6, 6.07) is 0. The highest BCUT2D eigenvalue weighted by Gasteiger charge is 2.24. The normalized spacial score (nSPS) is 27.9. The molecule has 2 nitrogen and oxygen atoms in total. The summed E-state index contributed by atoms with van der Waals surface area (Å²) in [5.74, 6) is 1.80. The van der Waals surface area contributed by atoms with Gasteiger partial charge >= 0.3 is 0 Å². The molecule has 0 bridgehead atoms. The average Bonchev–Trinajstić information content (AvgIpc) is 2.56. The third-order valence-corrected chi connectivity index (χ3v) is 3.76. The predicted octanol–water partition coefficient (Wildman–Crippen LogP) is 2.76. The molecule has 0 amide bonds. The zero-order valence-electron chi connectivity index (χ0n) is 8.62. The number of alkyl halides is 1. The first-order chi connectivity index (χ1) is 6.77. The molecule has 2 atom stereocenters. The van der Waals surface area contributed by atoms with E-state index in [4.69, 9.17) is 11.6 Å². The van der Waals surface area contributed by atoms with Gasteiger partial charge in [-0.25, -0.2) is 4.98 Å². The van der Waals surface area contributed by atoms with Crippen molar-refractivity contribution in [3.8, 4) is 0 Å². The van der Waals surface area contributed by atoms with Gasteiger partial charge in [0.15, 0.2) is 0 Å². The second kappa shape index (κ2) is 4.35. The molecule has 0 aromatic carbocycles. The molecule has 1 fully saturated rings. The lowest BCUT2D eigenvalue weighted by molar-refractivity contribution is 0.356. The van der Waals surface area contributed by atoms with Crippen LogP contribution in [0.2, 0.25) is 0 Å². The zero-order chi connectivity index (χ0) is 9.97. The van der Waals surface area contributed by atoms with Crippen molar-refractivity contribution in [2.75, 3.05) is 0 Å². The van der Waals surface area contributed by atoms with Crippen molar-refractivity contribution in [2.24, 2.45) is 13.0 Å². The Morgan fingerprint density at radius 1 is 1.50 bits per heavy atom. The van der Waals surface area contributed by atoms with Crippen molar-refractivity contribution < 1.29 is 0 Å². The van der Waals surface area contributed by atoms with Crippen molar-refractivity contribution in [3.63, 3.8) is 0 Å². The molecule has 1 aromatic heterocycles. The molecular formula is C11H17ClN2. The molecule has 2 unspecified atom stereocenters. The molecule has 0 radical (unpaired) electrons. The molecule has 0 saturated heterocycles. The van der Waals surface area contributed by atoms with Gasteiger partial charge in [0.2, 0.25) is 0 Å². The minimum atomic E-state index is 0.362. The number of aromatic nitrogens is 2. The van der Waals surface area contributed by atoms with E-state index in [9.17, 15) is 0 Å². The number of aryl methyl sites for hydroxylation is 1. The first-order valence-electron chi connectivity index (χ1n) is 5.37. The lowest BCUT2D eigenvalue weighted by Gasteiger charge is -2.26. The molecule has 1 saturated carbocycles. The molecule has 78 valence electrons. The lowest BCUT2D eigenvalue weighted by atomic mass is 9.86. The molecule has 0 aliphatic heterocycles. The van der Waals surface area contributed by atoms with Crippen LogP contribution in [0.5, 0.6) is 0 Å². The van der Waals surface area contributed by atoms with Crippen LogP contribution in [-0.2, 0) is 13.5 Å². The van der Waals surface area contributed by atoms with Gasteiger partial charge in [-0.15, -0.1) is 11.6 Å². The van der Waals surface area contributed by atoms with Gasteiger partial charge in [0.25, 0.3) is 0 Å². The maximum absolute atomic E-state index is 6.31. The second-order valence-electron chi connectivity index (χ2n) is 4.22. The molecule has 14 heavy (non-hydrogen) atoms.